The highest BCUT2D eigenvalue weighted by molar-refractivity contribution is 5.95. The molecule has 2 aromatic rings. The molecule has 2 heterocycles. The zero-order chi connectivity index (χ0) is 20.3. The van der Waals surface area contributed by atoms with Gasteiger partial charge in [0.25, 0.3) is 5.91 Å². The van der Waals surface area contributed by atoms with Gasteiger partial charge in [-0.3, -0.25) is 14.3 Å². The Balaban J connectivity index is 1.85. The number of carbonyl (C=O) groups excluding carboxylic acids is 2. The summed E-state index contributed by atoms with van der Waals surface area (Å²) in [6.07, 6.45) is 2.66. The Labute approximate surface area is 164 Å². The number of nitrogens with zero attached hydrogens (tertiary/aromatic N) is 2. The molecule has 1 fully saturated rings. The van der Waals surface area contributed by atoms with Crippen LogP contribution in [-0.4, -0.2) is 41.9 Å². The van der Waals surface area contributed by atoms with Crippen LogP contribution < -0.4 is 20.1 Å². The fraction of sp³-hybridized carbons (Fsp3) is 0.450. The molecule has 8 nitrogen and oxygen atoms in total. The molecule has 0 saturated carbocycles. The number of benzene rings is 1. The Morgan fingerprint density at radius 2 is 2.07 bits per heavy atom. The highest BCUT2D eigenvalue weighted by atomic mass is 16.5. The Kier molecular flexibility index (Phi) is 5.87. The third kappa shape index (κ3) is 3.95. The van der Waals surface area contributed by atoms with Gasteiger partial charge in [0.2, 0.25) is 5.91 Å². The number of aromatic nitrogens is 2. The molecule has 1 saturated heterocycles. The molecule has 1 aromatic carbocycles. The SMILES string of the molecule is CCn1cc(C(=O)NC2CCC(=O)NC2c2ccc(OC)c(OC)c2)c(C)n1. The number of rotatable bonds is 6. The summed E-state index contributed by atoms with van der Waals surface area (Å²) < 4.78 is 12.4. The summed E-state index contributed by atoms with van der Waals surface area (Å²) >= 11 is 0. The van der Waals surface area contributed by atoms with E-state index in [1.54, 1.807) is 31.2 Å². The van der Waals surface area contributed by atoms with Gasteiger partial charge in [-0.25, -0.2) is 0 Å². The zero-order valence-electron chi connectivity index (χ0n) is 16.6. The van der Waals surface area contributed by atoms with Crippen LogP contribution in [0.25, 0.3) is 0 Å². The van der Waals surface area contributed by atoms with Gasteiger partial charge in [0, 0.05) is 19.2 Å². The number of nitrogens with one attached hydrogen (secondary N) is 2. The molecular weight excluding hydrogens is 360 g/mol. The fourth-order valence-electron chi connectivity index (χ4n) is 3.47. The molecule has 8 heteroatoms. The van der Waals surface area contributed by atoms with Gasteiger partial charge < -0.3 is 20.1 Å². The molecule has 0 bridgehead atoms. The second kappa shape index (κ2) is 8.33. The number of aryl methyl sites for hydroxylation is 2. The van der Waals surface area contributed by atoms with Crippen LogP contribution in [0.3, 0.4) is 0 Å². The summed E-state index contributed by atoms with van der Waals surface area (Å²) in [7, 11) is 3.14. The zero-order valence-corrected chi connectivity index (χ0v) is 16.6. The number of hydrogen-bond donors (Lipinski definition) is 2. The normalized spacial score (nSPS) is 19.1. The molecule has 0 aliphatic carbocycles. The molecule has 2 atom stereocenters. The van der Waals surface area contributed by atoms with E-state index in [2.05, 4.69) is 15.7 Å². The van der Waals surface area contributed by atoms with Crippen molar-refractivity contribution in [1.29, 1.82) is 0 Å². The number of ether oxygens (including phenoxy) is 2. The number of methoxy groups -OCH3 is 2. The molecule has 0 spiro atoms. The van der Waals surface area contributed by atoms with Gasteiger partial charge in [-0.05, 0) is 38.0 Å². The minimum absolute atomic E-state index is 0.0414. The highest BCUT2D eigenvalue weighted by Crippen LogP contribution is 2.33. The average Bonchev–Trinajstić information content (AvgIpc) is 3.09. The molecule has 1 aliphatic rings. The van der Waals surface area contributed by atoms with Gasteiger partial charge in [0.1, 0.15) is 0 Å². The van der Waals surface area contributed by atoms with E-state index in [4.69, 9.17) is 9.47 Å². The highest BCUT2D eigenvalue weighted by Gasteiger charge is 2.32. The standard InChI is InChI=1S/C20H26N4O4/c1-5-24-11-14(12(2)23-24)20(26)21-15-7-9-18(25)22-19(15)13-6-8-16(27-3)17(10-13)28-4/h6,8,10-11,15,19H,5,7,9H2,1-4H3,(H,21,26)(H,22,25). The second-order valence-corrected chi connectivity index (χ2v) is 6.76. The van der Waals surface area contributed by atoms with Crippen molar-refractivity contribution in [2.75, 3.05) is 14.2 Å². The lowest BCUT2D eigenvalue weighted by Gasteiger charge is -2.33. The molecule has 0 radical (unpaired) electrons. The van der Waals surface area contributed by atoms with Crippen molar-refractivity contribution in [3.05, 3.63) is 41.2 Å². The number of hydrogen-bond acceptors (Lipinski definition) is 5. The lowest BCUT2D eigenvalue weighted by molar-refractivity contribution is -0.123. The van der Waals surface area contributed by atoms with Gasteiger partial charge >= 0.3 is 0 Å². The van der Waals surface area contributed by atoms with E-state index in [9.17, 15) is 9.59 Å². The molecule has 3 rings (SSSR count). The summed E-state index contributed by atoms with van der Waals surface area (Å²) in [5, 5.41) is 10.4. The van der Waals surface area contributed by atoms with Crippen molar-refractivity contribution in [2.45, 2.75) is 45.3 Å². The number of piperidine rings is 1. The summed E-state index contributed by atoms with van der Waals surface area (Å²) in [5.41, 5.74) is 2.07. The topological polar surface area (TPSA) is 94.5 Å². The first-order valence-electron chi connectivity index (χ1n) is 9.33. The molecule has 1 aliphatic heterocycles. The van der Waals surface area contributed by atoms with Crippen molar-refractivity contribution in [1.82, 2.24) is 20.4 Å². The predicted molar refractivity (Wildman–Crippen MR) is 104 cm³/mol. The van der Waals surface area contributed by atoms with E-state index in [0.717, 1.165) is 5.56 Å². The van der Waals surface area contributed by atoms with E-state index in [1.807, 2.05) is 26.0 Å². The molecule has 2 N–H and O–H groups in total. The third-order valence-corrected chi connectivity index (χ3v) is 5.00. The monoisotopic (exact) mass is 386 g/mol. The number of carbonyl (C=O) groups is 2. The molecule has 2 unspecified atom stereocenters. The van der Waals surface area contributed by atoms with Crippen LogP contribution >= 0.6 is 0 Å². The van der Waals surface area contributed by atoms with E-state index >= 15 is 0 Å². The van der Waals surface area contributed by atoms with Crippen molar-refractivity contribution < 1.29 is 19.1 Å². The Morgan fingerprint density at radius 1 is 1.32 bits per heavy atom. The van der Waals surface area contributed by atoms with Gasteiger partial charge in [0.05, 0.1) is 37.6 Å². The van der Waals surface area contributed by atoms with Crippen LogP contribution in [0.5, 0.6) is 11.5 Å². The van der Waals surface area contributed by atoms with Crippen LogP contribution in [0.1, 0.15) is 47.4 Å². The van der Waals surface area contributed by atoms with Gasteiger partial charge in [-0.15, -0.1) is 0 Å². The van der Waals surface area contributed by atoms with Crippen LogP contribution in [0.15, 0.2) is 24.4 Å². The lowest BCUT2D eigenvalue weighted by atomic mass is 9.91. The Hall–Kier alpha value is -3.03. The summed E-state index contributed by atoms with van der Waals surface area (Å²) in [5.74, 6) is 0.950. The van der Waals surface area contributed by atoms with Gasteiger partial charge in [0.15, 0.2) is 11.5 Å². The number of amides is 2. The Morgan fingerprint density at radius 3 is 2.71 bits per heavy atom. The van der Waals surface area contributed by atoms with Crippen molar-refractivity contribution in [3.63, 3.8) is 0 Å². The van der Waals surface area contributed by atoms with E-state index in [1.165, 1.54) is 0 Å². The quantitative estimate of drug-likeness (QED) is 0.792. The van der Waals surface area contributed by atoms with Crippen LogP contribution in [0.2, 0.25) is 0 Å². The van der Waals surface area contributed by atoms with Crippen molar-refractivity contribution in [2.24, 2.45) is 0 Å². The van der Waals surface area contributed by atoms with Crippen LogP contribution in [0.4, 0.5) is 0 Å². The fourth-order valence-corrected chi connectivity index (χ4v) is 3.47. The lowest BCUT2D eigenvalue weighted by Crippen LogP contribution is -2.50. The van der Waals surface area contributed by atoms with Crippen molar-refractivity contribution in [3.8, 4) is 11.5 Å². The van der Waals surface area contributed by atoms with Crippen LogP contribution in [-0.2, 0) is 11.3 Å². The minimum atomic E-state index is -0.355. The molecule has 1 aromatic heterocycles. The summed E-state index contributed by atoms with van der Waals surface area (Å²) in [4.78, 5) is 24.9. The maximum Gasteiger partial charge on any atom is 0.255 e. The first-order valence-corrected chi connectivity index (χ1v) is 9.33. The van der Waals surface area contributed by atoms with Crippen LogP contribution in [0, 0.1) is 6.92 Å². The first kappa shape index (κ1) is 19.7. The maximum absolute atomic E-state index is 12.8. The first-order chi connectivity index (χ1) is 13.5. The smallest absolute Gasteiger partial charge is 0.255 e. The van der Waals surface area contributed by atoms with E-state index in [0.29, 0.717) is 42.1 Å². The average molecular weight is 386 g/mol. The van der Waals surface area contributed by atoms with Gasteiger partial charge in [-0.1, -0.05) is 6.07 Å². The Bertz CT molecular complexity index is 877. The minimum Gasteiger partial charge on any atom is -0.493 e. The predicted octanol–water partition coefficient (Wildman–Crippen LogP) is 1.98. The molecular formula is C20H26N4O4. The molecule has 28 heavy (non-hydrogen) atoms. The van der Waals surface area contributed by atoms with Gasteiger partial charge in [-0.2, -0.15) is 5.10 Å². The summed E-state index contributed by atoms with van der Waals surface area (Å²) in [6.45, 7) is 4.48. The second-order valence-electron chi connectivity index (χ2n) is 6.76. The molecule has 2 amide bonds. The summed E-state index contributed by atoms with van der Waals surface area (Å²) in [6, 6.07) is 4.90. The maximum atomic E-state index is 12.8. The largest absolute Gasteiger partial charge is 0.493 e. The molecule has 150 valence electrons. The van der Waals surface area contributed by atoms with Crippen molar-refractivity contribution >= 4 is 11.8 Å². The van der Waals surface area contributed by atoms with E-state index < -0.39 is 0 Å². The van der Waals surface area contributed by atoms with E-state index in [-0.39, 0.29) is 23.9 Å². The third-order valence-electron chi connectivity index (χ3n) is 5.00.